The van der Waals surface area contributed by atoms with Crippen LogP contribution in [0, 0.1) is 17.8 Å². The molecule has 9 nitrogen and oxygen atoms in total. The van der Waals surface area contributed by atoms with Crippen LogP contribution >= 0.6 is 0 Å². The molecule has 0 saturated carbocycles. The van der Waals surface area contributed by atoms with Crippen molar-refractivity contribution in [2.24, 2.45) is 17.8 Å². The second-order valence-corrected chi connectivity index (χ2v) is 12.6. The largest absolute Gasteiger partial charge is 0.497 e. The lowest BCUT2D eigenvalue weighted by Gasteiger charge is -2.39. The predicted molar refractivity (Wildman–Crippen MR) is 172 cm³/mol. The smallest absolute Gasteiger partial charge is 0.253 e. The van der Waals surface area contributed by atoms with Gasteiger partial charge >= 0.3 is 0 Å². The number of rotatable bonds is 13. The zero-order valence-corrected chi connectivity index (χ0v) is 26.7. The van der Waals surface area contributed by atoms with E-state index in [1.165, 1.54) is 4.90 Å². The Morgan fingerprint density at radius 2 is 1.78 bits per heavy atom. The summed E-state index contributed by atoms with van der Waals surface area (Å²) in [6.07, 6.45) is 4.19. The Labute approximate surface area is 266 Å². The molecule has 0 aromatic heterocycles. The third kappa shape index (κ3) is 5.25. The molecule has 240 valence electrons. The van der Waals surface area contributed by atoms with Gasteiger partial charge < -0.3 is 29.3 Å². The van der Waals surface area contributed by atoms with E-state index in [0.29, 0.717) is 37.4 Å². The van der Waals surface area contributed by atoms with E-state index in [-0.39, 0.29) is 36.8 Å². The number of likely N-dealkylation sites (tertiary alicyclic amines) is 1. The first kappa shape index (κ1) is 32.4. The fourth-order valence-corrected chi connectivity index (χ4v) is 7.89. The third-order valence-electron chi connectivity index (χ3n) is 10.2. The molecule has 3 fully saturated rings. The van der Waals surface area contributed by atoms with Crippen LogP contribution in [-0.2, 0) is 25.7 Å². The number of fused-ring (bicyclic) bond motifs is 1. The fourth-order valence-electron chi connectivity index (χ4n) is 7.89. The van der Waals surface area contributed by atoms with Crippen molar-refractivity contribution in [2.75, 3.05) is 31.7 Å². The van der Waals surface area contributed by atoms with Gasteiger partial charge in [-0.3, -0.25) is 14.4 Å². The van der Waals surface area contributed by atoms with Crippen molar-refractivity contribution in [3.63, 3.8) is 0 Å². The number of anilines is 1. The lowest BCUT2D eigenvalue weighted by atomic mass is 9.62. The van der Waals surface area contributed by atoms with E-state index in [1.807, 2.05) is 51.1 Å². The molecule has 9 heteroatoms. The maximum atomic E-state index is 14.9. The van der Waals surface area contributed by atoms with Gasteiger partial charge in [-0.05, 0) is 55.5 Å². The summed E-state index contributed by atoms with van der Waals surface area (Å²) in [5.41, 5.74) is -0.640. The summed E-state index contributed by atoms with van der Waals surface area (Å²) in [6.45, 7) is 14.1. The molecule has 3 unspecified atom stereocenters. The number of methoxy groups -OCH3 is 1. The van der Waals surface area contributed by atoms with Crippen molar-refractivity contribution in [1.29, 1.82) is 0 Å². The summed E-state index contributed by atoms with van der Waals surface area (Å²) in [5.74, 6) is -2.03. The zero-order valence-electron chi connectivity index (χ0n) is 26.7. The Kier molecular flexibility index (Phi) is 9.23. The average Bonchev–Trinajstić information content (AvgIpc) is 3.56. The number of nitrogens with zero attached hydrogens (tertiary/aromatic N) is 3. The zero-order chi connectivity index (χ0) is 32.5. The number of amides is 3. The van der Waals surface area contributed by atoms with Crippen molar-refractivity contribution in [2.45, 2.75) is 63.4 Å². The van der Waals surface area contributed by atoms with E-state index < -0.39 is 35.1 Å². The quantitative estimate of drug-likeness (QED) is 0.339. The molecule has 3 heterocycles. The summed E-state index contributed by atoms with van der Waals surface area (Å²) < 4.78 is 12.3. The van der Waals surface area contributed by atoms with Gasteiger partial charge in [0.1, 0.15) is 17.4 Å². The van der Waals surface area contributed by atoms with Crippen LogP contribution in [-0.4, -0.2) is 82.7 Å². The van der Waals surface area contributed by atoms with Gasteiger partial charge in [-0.1, -0.05) is 56.3 Å². The Morgan fingerprint density at radius 3 is 2.36 bits per heavy atom. The highest BCUT2D eigenvalue weighted by atomic mass is 16.5. The minimum Gasteiger partial charge on any atom is -0.497 e. The minimum absolute atomic E-state index is 0.115. The molecule has 1 spiro atoms. The molecule has 0 aliphatic carbocycles. The molecule has 3 aliphatic rings. The molecule has 45 heavy (non-hydrogen) atoms. The predicted octanol–water partition coefficient (Wildman–Crippen LogP) is 4.21. The summed E-state index contributed by atoms with van der Waals surface area (Å²) >= 11 is 0. The summed E-state index contributed by atoms with van der Waals surface area (Å²) in [4.78, 5) is 49.0. The van der Waals surface area contributed by atoms with Crippen molar-refractivity contribution in [3.8, 4) is 5.75 Å². The van der Waals surface area contributed by atoms with Crippen LogP contribution in [0.5, 0.6) is 5.75 Å². The van der Waals surface area contributed by atoms with Gasteiger partial charge in [0.15, 0.2) is 0 Å². The molecule has 2 bridgehead atoms. The molecular formula is C36H45N3O6. The Morgan fingerprint density at radius 1 is 1.11 bits per heavy atom. The van der Waals surface area contributed by atoms with Gasteiger partial charge in [0.2, 0.25) is 11.8 Å². The molecule has 3 saturated heterocycles. The normalized spacial score (nSPS) is 28.8. The second-order valence-electron chi connectivity index (χ2n) is 12.6. The number of aliphatic hydroxyl groups excluding tert-OH is 1. The van der Waals surface area contributed by atoms with Crippen LogP contribution in [0.4, 0.5) is 5.69 Å². The first-order valence-electron chi connectivity index (χ1n) is 15.7. The first-order chi connectivity index (χ1) is 21.6. The van der Waals surface area contributed by atoms with Gasteiger partial charge in [0.25, 0.3) is 5.91 Å². The number of ether oxygens (including phenoxy) is 2. The van der Waals surface area contributed by atoms with Crippen LogP contribution in [0.15, 0.2) is 79.9 Å². The molecule has 0 radical (unpaired) electrons. The lowest BCUT2D eigenvalue weighted by Crippen LogP contribution is -2.59. The van der Waals surface area contributed by atoms with Crippen LogP contribution in [0.1, 0.15) is 39.2 Å². The molecule has 2 aromatic rings. The van der Waals surface area contributed by atoms with E-state index in [0.717, 1.165) is 5.56 Å². The van der Waals surface area contributed by atoms with E-state index in [1.54, 1.807) is 53.3 Å². The molecule has 3 aliphatic heterocycles. The number of hydrogen-bond acceptors (Lipinski definition) is 6. The highest BCUT2D eigenvalue weighted by Gasteiger charge is 2.80. The van der Waals surface area contributed by atoms with E-state index in [2.05, 4.69) is 13.2 Å². The number of benzene rings is 2. The molecule has 3 amide bonds. The average molecular weight is 616 g/mol. The topological polar surface area (TPSA) is 99.6 Å². The van der Waals surface area contributed by atoms with Crippen molar-refractivity contribution in [1.82, 2.24) is 9.80 Å². The summed E-state index contributed by atoms with van der Waals surface area (Å²) in [5, 5.41) is 10.5. The van der Waals surface area contributed by atoms with Crippen LogP contribution < -0.4 is 9.64 Å². The van der Waals surface area contributed by atoms with Crippen molar-refractivity contribution >= 4 is 23.4 Å². The Hall–Kier alpha value is -3.95. The van der Waals surface area contributed by atoms with Gasteiger partial charge in [-0.2, -0.15) is 0 Å². The van der Waals surface area contributed by atoms with Crippen molar-refractivity contribution < 1.29 is 29.0 Å². The SMILES string of the molecule is C=CCN(Cc1ccccc1)C(=O)[C@@H]1[C@H]2C(=O)N([C@@H](CC)CO)C(C(=O)N(CC=C)c3ccc(OC)cc3)C23CC(C)[C@@]1(C)O3. The second kappa shape index (κ2) is 12.8. The van der Waals surface area contributed by atoms with E-state index >= 15 is 0 Å². The maximum Gasteiger partial charge on any atom is 0.253 e. The third-order valence-corrected chi connectivity index (χ3v) is 10.2. The maximum absolute atomic E-state index is 14.9. The van der Waals surface area contributed by atoms with Crippen LogP contribution in [0.25, 0.3) is 0 Å². The highest BCUT2D eigenvalue weighted by molar-refractivity contribution is 6.05. The van der Waals surface area contributed by atoms with Crippen molar-refractivity contribution in [3.05, 3.63) is 85.5 Å². The van der Waals surface area contributed by atoms with Gasteiger partial charge in [-0.15, -0.1) is 13.2 Å². The summed E-state index contributed by atoms with van der Waals surface area (Å²) in [7, 11) is 1.58. The van der Waals surface area contributed by atoms with Gasteiger partial charge in [0.05, 0.1) is 37.2 Å². The van der Waals surface area contributed by atoms with Gasteiger partial charge in [-0.25, -0.2) is 0 Å². The minimum atomic E-state index is -1.25. The Bertz CT molecular complexity index is 1430. The summed E-state index contributed by atoms with van der Waals surface area (Å²) in [6, 6.07) is 15.2. The van der Waals surface area contributed by atoms with E-state index in [4.69, 9.17) is 9.47 Å². The number of carbonyl (C=O) groups excluding carboxylic acids is 3. The molecule has 1 N–H and O–H groups in total. The Balaban J connectivity index is 1.61. The number of carbonyl (C=O) groups is 3. The first-order valence-corrected chi connectivity index (χ1v) is 15.7. The molecule has 5 rings (SSSR count). The molecule has 2 aromatic carbocycles. The van der Waals surface area contributed by atoms with Gasteiger partial charge in [0, 0.05) is 25.3 Å². The number of aliphatic hydroxyl groups is 1. The lowest BCUT2D eigenvalue weighted by molar-refractivity contribution is -0.154. The van der Waals surface area contributed by atoms with Crippen LogP contribution in [0.3, 0.4) is 0 Å². The van der Waals surface area contributed by atoms with Crippen LogP contribution in [0.2, 0.25) is 0 Å². The van der Waals surface area contributed by atoms with E-state index in [9.17, 15) is 19.5 Å². The molecular weight excluding hydrogens is 570 g/mol. The fraction of sp³-hybridized carbons (Fsp3) is 0.472. The highest BCUT2D eigenvalue weighted by Crippen LogP contribution is 2.66. The monoisotopic (exact) mass is 615 g/mol. The standard InChI is InChI=1S/C36H45N3O6/c1-7-19-37(22-25-13-11-10-12-14-25)32(41)29-30-33(42)39(26(9-3)23-40)31(36(30)21-24(4)35(29,5)45-36)34(43)38(20-8-2)27-15-17-28(44-6)18-16-27/h7-8,10-18,24,26,29-31,40H,1-2,9,19-23H2,3-6H3/t24?,26-,29-,30-,31?,35+,36?/m0/s1. The number of hydrogen-bond donors (Lipinski definition) is 1. The molecule has 7 atom stereocenters.